The second-order valence-electron chi connectivity index (χ2n) is 8.16. The number of rotatable bonds is 8. The lowest BCUT2D eigenvalue weighted by Gasteiger charge is -2.26. The number of aromatic nitrogens is 1. The first-order chi connectivity index (χ1) is 14.0. The van der Waals surface area contributed by atoms with Crippen LogP contribution in [0.15, 0.2) is 4.79 Å². The molecule has 2 heterocycles. The molecule has 2 rings (SSSR count). The number of hydrogen-bond donors (Lipinski definition) is 2. The predicted molar refractivity (Wildman–Crippen MR) is 125 cm³/mol. The Morgan fingerprint density at radius 2 is 1.93 bits per heavy atom. The van der Waals surface area contributed by atoms with Crippen LogP contribution in [0.25, 0.3) is 0 Å². The summed E-state index contributed by atoms with van der Waals surface area (Å²) in [4.78, 5) is 40.2. The molecular weight excluding hydrogens is 422 g/mol. The molecule has 1 aliphatic rings. The number of carbonyl (C=O) groups is 2. The van der Waals surface area contributed by atoms with Crippen LogP contribution in [0.2, 0.25) is 0 Å². The standard InChI is InChI=1S/C20H34N4O4P2/c1-11-12(2)17(22(5)6)20(28)24(13(11)3)14(4)18(26)21-16(10-25)9-15-7-8-23(30-29)19(15)27/h14-16,25,30H,7-10,29H2,1-6H3,(H,21,26). The van der Waals surface area contributed by atoms with Crippen LogP contribution in [0.1, 0.15) is 42.6 Å². The van der Waals surface area contributed by atoms with E-state index >= 15 is 0 Å². The topological polar surface area (TPSA) is 94.9 Å². The van der Waals surface area contributed by atoms with E-state index in [1.807, 2.05) is 34.9 Å². The van der Waals surface area contributed by atoms with E-state index in [0.717, 1.165) is 23.2 Å². The van der Waals surface area contributed by atoms with Crippen molar-refractivity contribution >= 4 is 34.9 Å². The van der Waals surface area contributed by atoms with Gasteiger partial charge in [-0.25, -0.2) is 0 Å². The van der Waals surface area contributed by atoms with Crippen LogP contribution in [0.5, 0.6) is 0 Å². The molecule has 1 aliphatic heterocycles. The van der Waals surface area contributed by atoms with Crippen LogP contribution >= 0.6 is 17.3 Å². The second kappa shape index (κ2) is 10.2. The van der Waals surface area contributed by atoms with Gasteiger partial charge in [-0.1, -0.05) is 8.93 Å². The van der Waals surface area contributed by atoms with Gasteiger partial charge in [0, 0.05) is 32.3 Å². The van der Waals surface area contributed by atoms with Gasteiger partial charge in [0.1, 0.15) is 11.7 Å². The smallest absolute Gasteiger partial charge is 0.275 e. The molecule has 1 aromatic heterocycles. The van der Waals surface area contributed by atoms with Crippen LogP contribution < -0.4 is 15.8 Å². The zero-order valence-electron chi connectivity index (χ0n) is 18.7. The van der Waals surface area contributed by atoms with Gasteiger partial charge < -0.3 is 20.0 Å². The van der Waals surface area contributed by atoms with Gasteiger partial charge in [0.25, 0.3) is 5.56 Å². The van der Waals surface area contributed by atoms with Gasteiger partial charge in [-0.05, 0) is 60.1 Å². The lowest BCUT2D eigenvalue weighted by Crippen LogP contribution is -2.45. The maximum atomic E-state index is 13.1. The highest BCUT2D eigenvalue weighted by atomic mass is 32.0. The summed E-state index contributed by atoms with van der Waals surface area (Å²) in [6.07, 6.45) is 1.12. The van der Waals surface area contributed by atoms with Gasteiger partial charge in [-0.2, -0.15) is 0 Å². The van der Waals surface area contributed by atoms with E-state index in [-0.39, 0.29) is 29.9 Å². The first-order valence-electron chi connectivity index (χ1n) is 10.1. The number of nitrogens with one attached hydrogen (secondary N) is 1. The second-order valence-corrected chi connectivity index (χ2v) is 9.73. The van der Waals surface area contributed by atoms with Crippen LogP contribution in [-0.2, 0) is 9.59 Å². The Morgan fingerprint density at radius 1 is 1.30 bits per heavy atom. The molecule has 1 saturated heterocycles. The molecule has 8 nitrogen and oxygen atoms in total. The summed E-state index contributed by atoms with van der Waals surface area (Å²) in [5.74, 6) is -0.472. The third-order valence-corrected chi connectivity index (χ3v) is 7.76. The summed E-state index contributed by atoms with van der Waals surface area (Å²) >= 11 is 0. The number of carbonyl (C=O) groups excluding carboxylic acids is 2. The average Bonchev–Trinajstić information content (AvgIpc) is 3.04. The molecule has 30 heavy (non-hydrogen) atoms. The highest BCUT2D eigenvalue weighted by molar-refractivity contribution is 8.01. The first-order valence-corrected chi connectivity index (χ1v) is 12.9. The monoisotopic (exact) mass is 456 g/mol. The highest BCUT2D eigenvalue weighted by Crippen LogP contribution is 2.35. The van der Waals surface area contributed by atoms with E-state index in [1.165, 1.54) is 4.57 Å². The van der Waals surface area contributed by atoms with E-state index in [4.69, 9.17) is 0 Å². The molecule has 5 atom stereocenters. The van der Waals surface area contributed by atoms with Gasteiger partial charge in [0.2, 0.25) is 11.8 Å². The molecule has 0 aliphatic carbocycles. The number of nitrogens with zero attached hydrogens (tertiary/aromatic N) is 3. The minimum Gasteiger partial charge on any atom is -0.394 e. The Morgan fingerprint density at radius 3 is 2.43 bits per heavy atom. The minimum atomic E-state index is -0.742. The van der Waals surface area contributed by atoms with Crippen molar-refractivity contribution in [3.63, 3.8) is 0 Å². The van der Waals surface area contributed by atoms with Gasteiger partial charge in [-0.3, -0.25) is 19.0 Å². The van der Waals surface area contributed by atoms with Crippen molar-refractivity contribution < 1.29 is 14.7 Å². The number of anilines is 1. The van der Waals surface area contributed by atoms with Crippen LogP contribution in [0, 0.1) is 26.7 Å². The molecule has 0 spiro atoms. The quantitative estimate of drug-likeness (QED) is 0.579. The predicted octanol–water partition coefficient (Wildman–Crippen LogP) is 1.50. The van der Waals surface area contributed by atoms with Gasteiger partial charge >= 0.3 is 0 Å². The van der Waals surface area contributed by atoms with Crippen molar-refractivity contribution in [3.8, 4) is 0 Å². The maximum absolute atomic E-state index is 13.1. The van der Waals surface area contributed by atoms with E-state index in [2.05, 4.69) is 14.2 Å². The molecule has 5 unspecified atom stereocenters. The minimum absolute atomic E-state index is 0.0703. The molecule has 2 N–H and O–H groups in total. The zero-order chi connectivity index (χ0) is 22.7. The number of hydrogen-bond acceptors (Lipinski definition) is 5. The fourth-order valence-corrected chi connectivity index (χ4v) is 5.43. The van der Waals surface area contributed by atoms with Crippen molar-refractivity contribution in [2.75, 3.05) is 32.1 Å². The molecule has 0 aromatic carbocycles. The summed E-state index contributed by atoms with van der Waals surface area (Å²) in [6.45, 7) is 7.83. The molecule has 1 aromatic rings. The van der Waals surface area contributed by atoms with E-state index in [0.29, 0.717) is 27.1 Å². The van der Waals surface area contributed by atoms with Crippen molar-refractivity contribution in [3.05, 3.63) is 27.2 Å². The molecule has 2 amide bonds. The number of aliphatic hydroxyl groups is 1. The largest absolute Gasteiger partial charge is 0.394 e. The zero-order valence-corrected chi connectivity index (χ0v) is 20.8. The van der Waals surface area contributed by atoms with E-state index in [1.54, 1.807) is 16.5 Å². The molecular formula is C20H34N4O4P2. The molecule has 1 fully saturated rings. The molecule has 0 radical (unpaired) electrons. The van der Waals surface area contributed by atoms with Crippen LogP contribution in [0.4, 0.5) is 5.69 Å². The molecule has 0 saturated carbocycles. The Labute approximate surface area is 182 Å². The summed E-state index contributed by atoms with van der Waals surface area (Å²) in [6, 6.07) is -1.27. The maximum Gasteiger partial charge on any atom is 0.275 e. The van der Waals surface area contributed by atoms with Crippen LogP contribution in [-0.4, -0.2) is 59.4 Å². The van der Waals surface area contributed by atoms with Crippen molar-refractivity contribution in [1.82, 2.24) is 14.6 Å². The Bertz CT molecular complexity index is 871. The fraction of sp³-hybridized carbons (Fsp3) is 0.650. The third-order valence-electron chi connectivity index (χ3n) is 6.07. The normalized spacial score (nSPS) is 18.9. The number of amides is 2. The van der Waals surface area contributed by atoms with E-state index < -0.39 is 12.1 Å². The molecule has 10 heteroatoms. The lowest BCUT2D eigenvalue weighted by atomic mass is 9.98. The summed E-state index contributed by atoms with van der Waals surface area (Å²) in [7, 11) is 6.55. The average molecular weight is 456 g/mol. The van der Waals surface area contributed by atoms with Gasteiger partial charge in [0.05, 0.1) is 12.6 Å². The Balaban J connectivity index is 2.23. The summed E-state index contributed by atoms with van der Waals surface area (Å²) < 4.78 is 3.30. The third kappa shape index (κ3) is 4.87. The van der Waals surface area contributed by atoms with Crippen LogP contribution in [0.3, 0.4) is 0 Å². The van der Waals surface area contributed by atoms with Gasteiger partial charge in [0.15, 0.2) is 0 Å². The van der Waals surface area contributed by atoms with Crippen molar-refractivity contribution in [2.24, 2.45) is 5.92 Å². The fourth-order valence-electron chi connectivity index (χ4n) is 4.10. The summed E-state index contributed by atoms with van der Waals surface area (Å²) in [5, 5.41) is 12.6. The van der Waals surface area contributed by atoms with Gasteiger partial charge in [-0.15, -0.1) is 0 Å². The number of pyridine rings is 1. The first kappa shape index (κ1) is 24.8. The van der Waals surface area contributed by atoms with Crippen molar-refractivity contribution in [1.29, 1.82) is 0 Å². The van der Waals surface area contributed by atoms with Crippen molar-refractivity contribution in [2.45, 2.75) is 52.6 Å². The number of aliphatic hydroxyl groups excluding tert-OH is 1. The highest BCUT2D eigenvalue weighted by Gasteiger charge is 2.33. The Hall–Kier alpha value is -1.49. The molecule has 0 bridgehead atoms. The molecule has 168 valence electrons. The summed E-state index contributed by atoms with van der Waals surface area (Å²) in [5.41, 5.74) is 2.96. The Kier molecular flexibility index (Phi) is 8.43. The SMILES string of the molecule is Cc1c(C)c(C)n(C(C)C(=O)NC(CO)CC2CCN(PP)C2=O)c(=O)c1N(C)C. The van der Waals surface area contributed by atoms with E-state index in [9.17, 15) is 19.5 Å². The lowest BCUT2D eigenvalue weighted by molar-refractivity contribution is -0.128.